The van der Waals surface area contributed by atoms with Gasteiger partial charge in [-0.1, -0.05) is 6.07 Å². The monoisotopic (exact) mass is 368 g/mol. The van der Waals surface area contributed by atoms with Gasteiger partial charge in [0.2, 0.25) is 0 Å². The van der Waals surface area contributed by atoms with Crippen LogP contribution < -0.4 is 10.2 Å². The maximum Gasteiger partial charge on any atom is 0.255 e. The number of hydrogen-bond donors (Lipinski definition) is 1. The van der Waals surface area contributed by atoms with Gasteiger partial charge < -0.3 is 10.2 Å². The van der Waals surface area contributed by atoms with E-state index >= 15 is 0 Å². The van der Waals surface area contributed by atoms with Crippen molar-refractivity contribution in [1.82, 2.24) is 0 Å². The summed E-state index contributed by atoms with van der Waals surface area (Å²) in [5, 5.41) is 2.39. The largest absolute Gasteiger partial charge is 0.373 e. The van der Waals surface area contributed by atoms with Crippen molar-refractivity contribution in [3.63, 3.8) is 0 Å². The van der Waals surface area contributed by atoms with E-state index in [1.165, 1.54) is 37.2 Å². The molecule has 0 heterocycles. The van der Waals surface area contributed by atoms with Crippen molar-refractivity contribution in [3.05, 3.63) is 53.1 Å². The SMILES string of the molecule is Cc1ccc(S(C)(=O)=O)cc1C(=O)Nc1cc(F)c(N(C)C)c(F)c1. The molecule has 0 aromatic heterocycles. The topological polar surface area (TPSA) is 66.5 Å². The van der Waals surface area contributed by atoms with E-state index < -0.39 is 27.4 Å². The van der Waals surface area contributed by atoms with Crippen LogP contribution in [0.5, 0.6) is 0 Å². The van der Waals surface area contributed by atoms with E-state index in [1.807, 2.05) is 0 Å². The highest BCUT2D eigenvalue weighted by Gasteiger charge is 2.17. The smallest absolute Gasteiger partial charge is 0.255 e. The van der Waals surface area contributed by atoms with Gasteiger partial charge >= 0.3 is 0 Å². The molecule has 0 fully saturated rings. The summed E-state index contributed by atoms with van der Waals surface area (Å²) < 4.78 is 51.3. The summed E-state index contributed by atoms with van der Waals surface area (Å²) in [5.74, 6) is -2.29. The van der Waals surface area contributed by atoms with Crippen molar-refractivity contribution in [2.75, 3.05) is 30.6 Å². The fraction of sp³-hybridized carbons (Fsp3) is 0.235. The highest BCUT2D eigenvalue weighted by Crippen LogP contribution is 2.26. The van der Waals surface area contributed by atoms with Gasteiger partial charge in [-0.25, -0.2) is 17.2 Å². The van der Waals surface area contributed by atoms with E-state index in [-0.39, 0.29) is 21.8 Å². The third kappa shape index (κ3) is 4.14. The van der Waals surface area contributed by atoms with Gasteiger partial charge in [-0.15, -0.1) is 0 Å². The zero-order valence-corrected chi connectivity index (χ0v) is 15.0. The predicted octanol–water partition coefficient (Wildman–Crippen LogP) is 3.00. The van der Waals surface area contributed by atoms with E-state index in [0.29, 0.717) is 5.56 Å². The average Bonchev–Trinajstić information content (AvgIpc) is 2.44. The Labute approximate surface area is 145 Å². The first kappa shape index (κ1) is 18.9. The Morgan fingerprint density at radius 3 is 2.12 bits per heavy atom. The number of carbonyl (C=O) groups is 1. The molecule has 0 saturated carbocycles. The van der Waals surface area contributed by atoms with Crippen LogP contribution in [0.4, 0.5) is 20.2 Å². The minimum atomic E-state index is -3.48. The van der Waals surface area contributed by atoms with Gasteiger partial charge in [0.15, 0.2) is 21.5 Å². The lowest BCUT2D eigenvalue weighted by Gasteiger charge is -2.16. The maximum absolute atomic E-state index is 14.0. The molecular formula is C17H18F2N2O3S. The Kier molecular flexibility index (Phi) is 5.12. The zero-order valence-electron chi connectivity index (χ0n) is 14.2. The summed E-state index contributed by atoms with van der Waals surface area (Å²) in [7, 11) is -0.483. The Morgan fingerprint density at radius 2 is 1.64 bits per heavy atom. The number of hydrogen-bond acceptors (Lipinski definition) is 4. The predicted molar refractivity (Wildman–Crippen MR) is 92.9 cm³/mol. The lowest BCUT2D eigenvalue weighted by atomic mass is 10.1. The second-order valence-corrected chi connectivity index (χ2v) is 7.90. The van der Waals surface area contributed by atoms with Crippen LogP contribution in [0.15, 0.2) is 35.2 Å². The third-order valence-corrected chi connectivity index (χ3v) is 4.71. The molecule has 0 aliphatic heterocycles. The Morgan fingerprint density at radius 1 is 1.08 bits per heavy atom. The lowest BCUT2D eigenvalue weighted by Crippen LogP contribution is -2.16. The maximum atomic E-state index is 14.0. The van der Waals surface area contributed by atoms with Crippen LogP contribution in [0.1, 0.15) is 15.9 Å². The first-order valence-electron chi connectivity index (χ1n) is 7.29. The van der Waals surface area contributed by atoms with Crippen LogP contribution in [0, 0.1) is 18.6 Å². The quantitative estimate of drug-likeness (QED) is 0.901. The molecule has 1 N–H and O–H groups in total. The lowest BCUT2D eigenvalue weighted by molar-refractivity contribution is 0.102. The molecule has 0 radical (unpaired) electrons. The molecule has 0 aliphatic carbocycles. The Bertz CT molecular complexity index is 918. The number of nitrogens with one attached hydrogen (secondary N) is 1. The number of halogens is 2. The number of benzene rings is 2. The van der Waals surface area contributed by atoms with Crippen LogP contribution in [-0.4, -0.2) is 34.7 Å². The molecule has 2 rings (SSSR count). The first-order chi connectivity index (χ1) is 11.5. The highest BCUT2D eigenvalue weighted by atomic mass is 32.2. The normalized spacial score (nSPS) is 11.3. The molecule has 25 heavy (non-hydrogen) atoms. The van der Waals surface area contributed by atoms with Crippen molar-refractivity contribution < 1.29 is 22.0 Å². The van der Waals surface area contributed by atoms with Crippen LogP contribution >= 0.6 is 0 Å². The summed E-state index contributed by atoms with van der Waals surface area (Å²) in [6.45, 7) is 1.64. The number of sulfone groups is 1. The number of rotatable bonds is 4. The number of anilines is 2. The van der Waals surface area contributed by atoms with E-state index in [2.05, 4.69) is 5.32 Å². The van der Waals surface area contributed by atoms with Crippen molar-refractivity contribution in [3.8, 4) is 0 Å². The molecule has 0 spiro atoms. The van der Waals surface area contributed by atoms with E-state index in [0.717, 1.165) is 18.4 Å². The number of aryl methyl sites for hydroxylation is 1. The molecule has 2 aromatic carbocycles. The molecule has 5 nitrogen and oxygen atoms in total. The zero-order chi connectivity index (χ0) is 18.9. The van der Waals surface area contributed by atoms with Crippen LogP contribution in [0.2, 0.25) is 0 Å². The van der Waals surface area contributed by atoms with Crippen molar-refractivity contribution >= 4 is 27.1 Å². The standard InChI is InChI=1S/C17H18F2N2O3S/c1-10-5-6-12(25(4,23)24)9-13(10)17(22)20-11-7-14(18)16(21(2)3)15(19)8-11/h5-9H,1-4H3,(H,20,22). The molecule has 1 amide bonds. The first-order valence-corrected chi connectivity index (χ1v) is 9.18. The number of amides is 1. The van der Waals surface area contributed by atoms with Crippen molar-refractivity contribution in [1.29, 1.82) is 0 Å². The fourth-order valence-corrected chi connectivity index (χ4v) is 2.99. The Balaban J connectivity index is 2.38. The molecule has 0 saturated heterocycles. The van der Waals surface area contributed by atoms with Gasteiger partial charge in [-0.3, -0.25) is 4.79 Å². The minimum absolute atomic E-state index is 0.0106. The van der Waals surface area contributed by atoms with Crippen molar-refractivity contribution in [2.24, 2.45) is 0 Å². The highest BCUT2D eigenvalue weighted by molar-refractivity contribution is 7.90. The van der Waals surface area contributed by atoms with Crippen LogP contribution in [-0.2, 0) is 9.84 Å². The molecule has 0 atom stereocenters. The average molecular weight is 368 g/mol. The van der Waals surface area contributed by atoms with Gasteiger partial charge in [0.05, 0.1) is 4.90 Å². The molecule has 0 bridgehead atoms. The Hall–Kier alpha value is -2.48. The minimum Gasteiger partial charge on any atom is -0.373 e. The summed E-state index contributed by atoms with van der Waals surface area (Å²) in [6, 6.07) is 6.15. The summed E-state index contributed by atoms with van der Waals surface area (Å²) >= 11 is 0. The van der Waals surface area contributed by atoms with E-state index in [1.54, 1.807) is 6.92 Å². The number of nitrogens with zero attached hydrogens (tertiary/aromatic N) is 1. The van der Waals surface area contributed by atoms with Gasteiger partial charge in [0.25, 0.3) is 5.91 Å². The van der Waals surface area contributed by atoms with Gasteiger partial charge in [-0.2, -0.15) is 0 Å². The van der Waals surface area contributed by atoms with Crippen LogP contribution in [0.25, 0.3) is 0 Å². The van der Waals surface area contributed by atoms with Gasteiger partial charge in [0, 0.05) is 31.6 Å². The van der Waals surface area contributed by atoms with E-state index in [9.17, 15) is 22.0 Å². The fourth-order valence-electron chi connectivity index (χ4n) is 2.34. The molecular weight excluding hydrogens is 350 g/mol. The molecule has 134 valence electrons. The molecule has 0 aliphatic rings. The summed E-state index contributed by atoms with van der Waals surface area (Å²) in [4.78, 5) is 13.7. The van der Waals surface area contributed by atoms with Crippen molar-refractivity contribution in [2.45, 2.75) is 11.8 Å². The second kappa shape index (κ2) is 6.79. The van der Waals surface area contributed by atoms with Gasteiger partial charge in [-0.05, 0) is 36.8 Å². The third-order valence-electron chi connectivity index (χ3n) is 3.60. The summed E-state index contributed by atoms with van der Waals surface area (Å²) in [5.41, 5.74) is 0.374. The van der Waals surface area contributed by atoms with Gasteiger partial charge in [0.1, 0.15) is 5.69 Å². The molecule has 8 heteroatoms. The second-order valence-electron chi connectivity index (χ2n) is 5.89. The number of carbonyl (C=O) groups excluding carboxylic acids is 1. The molecule has 0 unspecified atom stereocenters. The van der Waals surface area contributed by atoms with Crippen LogP contribution in [0.3, 0.4) is 0 Å². The molecule has 2 aromatic rings. The van der Waals surface area contributed by atoms with E-state index in [4.69, 9.17) is 0 Å². The summed E-state index contributed by atoms with van der Waals surface area (Å²) in [6.07, 6.45) is 1.03.